The molecule has 2 aromatic carbocycles. The van der Waals surface area contributed by atoms with Gasteiger partial charge in [-0.05, 0) is 51.5 Å². The molecule has 37 heavy (non-hydrogen) atoms. The van der Waals surface area contributed by atoms with E-state index in [4.69, 9.17) is 9.47 Å². The van der Waals surface area contributed by atoms with Crippen molar-refractivity contribution in [3.05, 3.63) is 59.7 Å². The number of nitrogens with one attached hydrogen (secondary N) is 1. The summed E-state index contributed by atoms with van der Waals surface area (Å²) in [6, 6.07) is 10.4. The van der Waals surface area contributed by atoms with Crippen molar-refractivity contribution in [3.8, 4) is 16.9 Å². The number of aliphatic hydroxyl groups is 1. The molecule has 7 nitrogen and oxygen atoms in total. The van der Waals surface area contributed by atoms with E-state index in [-0.39, 0.29) is 42.1 Å². The van der Waals surface area contributed by atoms with E-state index in [0.29, 0.717) is 0 Å². The van der Waals surface area contributed by atoms with E-state index in [1.165, 1.54) is 23.1 Å². The molecule has 2 aromatic rings. The number of β-amino-alcohol motifs (C(OH)–C–C–N with tert-alkyl or cyclic N) is 1. The van der Waals surface area contributed by atoms with Crippen molar-refractivity contribution in [1.82, 2.24) is 10.2 Å². The largest absolute Gasteiger partial charge is 0.493 e. The Balaban J connectivity index is 1.84. The monoisotopic (exact) mass is 519 g/mol. The molecule has 1 heterocycles. The minimum absolute atomic E-state index is 0.0224. The first-order valence-electron chi connectivity index (χ1n) is 11.8. The maximum absolute atomic E-state index is 13.9. The first-order chi connectivity index (χ1) is 17.3. The molecule has 2 atom stereocenters. The van der Waals surface area contributed by atoms with E-state index >= 15 is 0 Å². The molecular formula is C27H30F3N2O5. The Morgan fingerprint density at radius 3 is 2.54 bits per heavy atom. The number of hydrogen-bond donors (Lipinski definition) is 2. The first kappa shape index (κ1) is 28.0. The molecule has 1 fully saturated rings. The lowest BCUT2D eigenvalue weighted by molar-refractivity contribution is -0.137. The van der Waals surface area contributed by atoms with Crippen LogP contribution < -0.4 is 10.1 Å². The van der Waals surface area contributed by atoms with Crippen LogP contribution in [0, 0.1) is 6.07 Å². The molecule has 1 radical (unpaired) electrons. The zero-order chi connectivity index (χ0) is 27.4. The van der Waals surface area contributed by atoms with Crippen LogP contribution in [0.3, 0.4) is 0 Å². The number of para-hydroxylation sites is 1. The molecular weight excluding hydrogens is 489 g/mol. The molecule has 1 saturated heterocycles. The van der Waals surface area contributed by atoms with Crippen molar-refractivity contribution in [2.24, 2.45) is 0 Å². The lowest BCUT2D eigenvalue weighted by Gasteiger charge is -2.24. The smallest absolute Gasteiger partial charge is 0.417 e. The zero-order valence-corrected chi connectivity index (χ0v) is 21.1. The van der Waals surface area contributed by atoms with Gasteiger partial charge >= 0.3 is 12.3 Å². The number of aliphatic hydroxyl groups excluding tert-OH is 1. The van der Waals surface area contributed by atoms with Crippen LogP contribution in [0.2, 0.25) is 0 Å². The van der Waals surface area contributed by atoms with Gasteiger partial charge in [-0.25, -0.2) is 4.79 Å². The van der Waals surface area contributed by atoms with Gasteiger partial charge in [0.25, 0.3) is 0 Å². The highest BCUT2D eigenvalue weighted by atomic mass is 19.4. The number of carbonyl (C=O) groups excluding carboxylic acids is 2. The van der Waals surface area contributed by atoms with Crippen LogP contribution >= 0.6 is 0 Å². The molecule has 1 aliphatic rings. The van der Waals surface area contributed by atoms with E-state index in [1.807, 2.05) is 0 Å². The number of halogens is 3. The number of benzene rings is 2. The fourth-order valence-electron chi connectivity index (χ4n) is 3.92. The molecule has 199 valence electrons. The van der Waals surface area contributed by atoms with Crippen molar-refractivity contribution in [3.63, 3.8) is 0 Å². The van der Waals surface area contributed by atoms with Gasteiger partial charge in [-0.15, -0.1) is 0 Å². The molecule has 10 heteroatoms. The second-order valence-corrected chi connectivity index (χ2v) is 9.51. The summed E-state index contributed by atoms with van der Waals surface area (Å²) < 4.78 is 52.5. The third-order valence-electron chi connectivity index (χ3n) is 5.45. The van der Waals surface area contributed by atoms with Crippen LogP contribution in [0.25, 0.3) is 17.2 Å². The average Bonchev–Trinajstić information content (AvgIpc) is 3.16. The molecule has 0 aromatic heterocycles. The van der Waals surface area contributed by atoms with Crippen LogP contribution in [0.15, 0.2) is 42.5 Å². The number of likely N-dealkylation sites (tertiary alicyclic amines) is 1. The number of ether oxygens (including phenoxy) is 2. The SMILES string of the molecule is CCOc1ccccc1-c1c(C(F)(F)F)[c]ccc1/C=C/C(=O)NC1CN(C(=O)OC(C)(C)C)CC1O. The van der Waals surface area contributed by atoms with Crippen molar-refractivity contribution < 1.29 is 37.3 Å². The van der Waals surface area contributed by atoms with Gasteiger partial charge in [0, 0.05) is 23.7 Å². The summed E-state index contributed by atoms with van der Waals surface area (Å²) in [5, 5.41) is 12.9. The molecule has 1 aliphatic heterocycles. The number of rotatable bonds is 6. The quantitative estimate of drug-likeness (QED) is 0.541. The van der Waals surface area contributed by atoms with Crippen molar-refractivity contribution in [1.29, 1.82) is 0 Å². The van der Waals surface area contributed by atoms with E-state index in [1.54, 1.807) is 45.9 Å². The molecule has 3 rings (SSSR count). The Kier molecular flexibility index (Phi) is 8.53. The highest BCUT2D eigenvalue weighted by molar-refractivity contribution is 5.94. The highest BCUT2D eigenvalue weighted by Crippen LogP contribution is 2.42. The molecule has 0 aliphatic carbocycles. The van der Waals surface area contributed by atoms with Crippen LogP contribution in [0.5, 0.6) is 5.75 Å². The Morgan fingerprint density at radius 1 is 1.19 bits per heavy atom. The summed E-state index contributed by atoms with van der Waals surface area (Å²) in [6.45, 7) is 7.14. The third kappa shape index (κ3) is 7.25. The maximum atomic E-state index is 13.9. The summed E-state index contributed by atoms with van der Waals surface area (Å²) >= 11 is 0. The molecule has 0 saturated carbocycles. The van der Waals surface area contributed by atoms with Gasteiger partial charge < -0.3 is 24.8 Å². The molecule has 2 amide bonds. The fraction of sp³-hybridized carbons (Fsp3) is 0.407. The van der Waals surface area contributed by atoms with Gasteiger partial charge in [-0.2, -0.15) is 13.2 Å². The van der Waals surface area contributed by atoms with Crippen molar-refractivity contribution in [2.75, 3.05) is 19.7 Å². The summed E-state index contributed by atoms with van der Waals surface area (Å²) in [5.41, 5.74) is -1.52. The van der Waals surface area contributed by atoms with Gasteiger partial charge in [0.15, 0.2) is 0 Å². The van der Waals surface area contributed by atoms with Gasteiger partial charge in [-0.1, -0.05) is 30.3 Å². The second kappa shape index (κ2) is 11.2. The topological polar surface area (TPSA) is 88.1 Å². The van der Waals surface area contributed by atoms with Gasteiger partial charge in [-0.3, -0.25) is 4.79 Å². The van der Waals surface area contributed by atoms with Crippen LogP contribution in [-0.2, 0) is 15.7 Å². The number of hydrogen-bond acceptors (Lipinski definition) is 5. The number of alkyl halides is 3. The lowest BCUT2D eigenvalue weighted by atomic mass is 9.93. The van der Waals surface area contributed by atoms with Gasteiger partial charge in [0.2, 0.25) is 5.91 Å². The number of carbonyl (C=O) groups is 2. The van der Waals surface area contributed by atoms with Crippen LogP contribution in [0.1, 0.15) is 38.8 Å². The highest BCUT2D eigenvalue weighted by Gasteiger charge is 2.37. The van der Waals surface area contributed by atoms with Crippen LogP contribution in [0.4, 0.5) is 18.0 Å². The summed E-state index contributed by atoms with van der Waals surface area (Å²) in [4.78, 5) is 26.2. The van der Waals surface area contributed by atoms with Crippen molar-refractivity contribution >= 4 is 18.1 Å². The molecule has 2 N–H and O–H groups in total. The Bertz CT molecular complexity index is 1160. The number of amides is 2. The maximum Gasteiger partial charge on any atom is 0.417 e. The predicted molar refractivity (Wildman–Crippen MR) is 132 cm³/mol. The summed E-state index contributed by atoms with van der Waals surface area (Å²) in [6.07, 6.45) is -3.98. The first-order valence-corrected chi connectivity index (χ1v) is 11.8. The van der Waals surface area contributed by atoms with Crippen LogP contribution in [-0.4, -0.2) is 59.5 Å². The third-order valence-corrected chi connectivity index (χ3v) is 5.45. The molecule has 0 bridgehead atoms. The standard InChI is InChI=1S/C27H30F3N2O5/c1-5-36-22-12-7-6-10-18(22)24-17(9-8-11-19(24)27(28,29)30)13-14-23(34)31-20-15-32(16-21(20)33)25(35)37-26(2,3)4/h6-10,12-14,20-21,33H,5,15-16H2,1-4H3,(H,31,34)/b14-13+. The molecule has 2 unspecified atom stereocenters. The van der Waals surface area contributed by atoms with E-state index in [9.17, 15) is 27.9 Å². The minimum Gasteiger partial charge on any atom is -0.493 e. The van der Waals surface area contributed by atoms with E-state index < -0.39 is 41.5 Å². The normalized spacial score (nSPS) is 18.2. The van der Waals surface area contributed by atoms with E-state index in [2.05, 4.69) is 11.4 Å². The summed E-state index contributed by atoms with van der Waals surface area (Å²) in [5.74, 6) is -0.369. The van der Waals surface area contributed by atoms with Gasteiger partial charge in [0.1, 0.15) is 11.4 Å². The number of nitrogens with zero attached hydrogens (tertiary/aromatic N) is 1. The predicted octanol–water partition coefficient (Wildman–Crippen LogP) is 4.68. The zero-order valence-electron chi connectivity index (χ0n) is 21.1. The fourth-order valence-corrected chi connectivity index (χ4v) is 3.92. The summed E-state index contributed by atoms with van der Waals surface area (Å²) in [7, 11) is 0. The van der Waals surface area contributed by atoms with Gasteiger partial charge in [0.05, 0.1) is 30.9 Å². The van der Waals surface area contributed by atoms with Crippen molar-refractivity contribution in [2.45, 2.75) is 51.6 Å². The Labute approximate surface area is 213 Å². The second-order valence-electron chi connectivity index (χ2n) is 9.51. The Hall–Kier alpha value is -3.53. The lowest BCUT2D eigenvalue weighted by Crippen LogP contribution is -2.42. The average molecular weight is 520 g/mol. The van der Waals surface area contributed by atoms with E-state index in [0.717, 1.165) is 12.1 Å². The molecule has 0 spiro atoms. The minimum atomic E-state index is -4.69. The Morgan fingerprint density at radius 2 is 1.89 bits per heavy atom.